The minimum absolute atomic E-state index is 0.0991. The second kappa shape index (κ2) is 8.98. The predicted octanol–water partition coefficient (Wildman–Crippen LogP) is 3.35. The zero-order valence-corrected chi connectivity index (χ0v) is 16.0. The van der Waals surface area contributed by atoms with E-state index >= 15 is 0 Å². The first-order valence-corrected chi connectivity index (χ1v) is 8.82. The third-order valence-corrected chi connectivity index (χ3v) is 4.00. The summed E-state index contributed by atoms with van der Waals surface area (Å²) in [7, 11) is 0. The lowest BCUT2D eigenvalue weighted by Gasteiger charge is -2.22. The van der Waals surface area contributed by atoms with Crippen LogP contribution in [-0.2, 0) is 9.59 Å². The lowest BCUT2D eigenvalue weighted by atomic mass is 10.0. The Morgan fingerprint density at radius 2 is 1.48 bits per heavy atom. The van der Waals surface area contributed by atoms with Crippen LogP contribution in [0.4, 0.5) is 11.4 Å². The monoisotopic (exact) mass is 367 g/mol. The van der Waals surface area contributed by atoms with Crippen molar-refractivity contribution in [2.24, 2.45) is 5.92 Å². The molecule has 6 heteroatoms. The van der Waals surface area contributed by atoms with Gasteiger partial charge < -0.3 is 16.0 Å². The maximum absolute atomic E-state index is 12.7. The molecule has 0 spiro atoms. The smallest absolute Gasteiger partial charge is 0.251 e. The van der Waals surface area contributed by atoms with Crippen LogP contribution in [0.2, 0.25) is 0 Å². The zero-order valence-electron chi connectivity index (χ0n) is 16.0. The maximum atomic E-state index is 12.7. The van der Waals surface area contributed by atoms with Gasteiger partial charge in [0.25, 0.3) is 5.91 Å². The van der Waals surface area contributed by atoms with Gasteiger partial charge >= 0.3 is 0 Å². The number of carbonyl (C=O) groups is 3. The first kappa shape index (κ1) is 20.2. The fourth-order valence-corrected chi connectivity index (χ4v) is 2.56. The summed E-state index contributed by atoms with van der Waals surface area (Å²) in [5.41, 5.74) is 2.70. The van der Waals surface area contributed by atoms with Crippen LogP contribution in [0.1, 0.15) is 36.7 Å². The topological polar surface area (TPSA) is 87.3 Å². The molecule has 0 aromatic heterocycles. The highest BCUT2D eigenvalue weighted by Crippen LogP contribution is 2.16. The Bertz CT molecular complexity index is 829. The van der Waals surface area contributed by atoms with E-state index in [0.717, 1.165) is 5.56 Å². The Morgan fingerprint density at radius 1 is 0.889 bits per heavy atom. The number of carbonyl (C=O) groups excluding carboxylic acids is 3. The lowest BCUT2D eigenvalue weighted by Crippen LogP contribution is -2.47. The average Bonchev–Trinajstić information content (AvgIpc) is 2.59. The Labute approximate surface area is 159 Å². The molecule has 1 atom stereocenters. The Balaban J connectivity index is 2.09. The molecule has 2 rings (SSSR count). The third kappa shape index (κ3) is 5.95. The van der Waals surface area contributed by atoms with Crippen molar-refractivity contribution in [3.05, 3.63) is 59.7 Å². The largest absolute Gasteiger partial charge is 0.340 e. The molecule has 27 heavy (non-hydrogen) atoms. The standard InChI is InChI=1S/C21H25N3O3/c1-13(2)19(24-20(26)16-10-8-14(3)9-11-16)21(27)23-18-7-5-6-17(12-18)22-15(4)25/h5-13,19H,1-4H3,(H,22,25)(H,23,27)(H,24,26). The summed E-state index contributed by atoms with van der Waals surface area (Å²) in [4.78, 5) is 36.3. The molecule has 0 heterocycles. The normalized spacial score (nSPS) is 11.6. The molecule has 0 aliphatic heterocycles. The van der Waals surface area contributed by atoms with E-state index in [0.29, 0.717) is 16.9 Å². The third-order valence-electron chi connectivity index (χ3n) is 4.00. The summed E-state index contributed by atoms with van der Waals surface area (Å²) in [6.07, 6.45) is 0. The zero-order chi connectivity index (χ0) is 20.0. The van der Waals surface area contributed by atoms with Gasteiger partial charge in [0.2, 0.25) is 11.8 Å². The fraction of sp³-hybridized carbons (Fsp3) is 0.286. The van der Waals surface area contributed by atoms with Gasteiger partial charge in [-0.1, -0.05) is 37.6 Å². The number of hydrogen-bond donors (Lipinski definition) is 3. The number of anilines is 2. The number of rotatable bonds is 6. The van der Waals surface area contributed by atoms with Gasteiger partial charge in [0.1, 0.15) is 6.04 Å². The Kier molecular flexibility index (Phi) is 6.71. The maximum Gasteiger partial charge on any atom is 0.251 e. The van der Waals surface area contributed by atoms with Crippen LogP contribution >= 0.6 is 0 Å². The first-order valence-electron chi connectivity index (χ1n) is 8.82. The summed E-state index contributed by atoms with van der Waals surface area (Å²) in [6.45, 7) is 7.10. The van der Waals surface area contributed by atoms with E-state index in [1.165, 1.54) is 6.92 Å². The minimum Gasteiger partial charge on any atom is -0.340 e. The number of amides is 3. The van der Waals surface area contributed by atoms with Gasteiger partial charge in [-0.25, -0.2) is 0 Å². The lowest BCUT2D eigenvalue weighted by molar-refractivity contribution is -0.119. The second-order valence-corrected chi connectivity index (χ2v) is 6.81. The molecule has 0 saturated carbocycles. The molecule has 3 N–H and O–H groups in total. The van der Waals surface area contributed by atoms with E-state index in [-0.39, 0.29) is 23.6 Å². The highest BCUT2D eigenvalue weighted by molar-refractivity contribution is 6.01. The van der Waals surface area contributed by atoms with Gasteiger partial charge in [0, 0.05) is 23.9 Å². The van der Waals surface area contributed by atoms with Gasteiger partial charge in [-0.3, -0.25) is 14.4 Å². The van der Waals surface area contributed by atoms with Gasteiger partial charge in [-0.15, -0.1) is 0 Å². The molecule has 3 amide bonds. The number of aryl methyl sites for hydroxylation is 1. The Hall–Kier alpha value is -3.15. The molecule has 0 aliphatic rings. The molecule has 0 fully saturated rings. The van der Waals surface area contributed by atoms with Crippen LogP contribution in [0.5, 0.6) is 0 Å². The van der Waals surface area contributed by atoms with Crippen LogP contribution in [0.25, 0.3) is 0 Å². The molecule has 6 nitrogen and oxygen atoms in total. The fourth-order valence-electron chi connectivity index (χ4n) is 2.56. The molecular weight excluding hydrogens is 342 g/mol. The van der Waals surface area contributed by atoms with Crippen molar-refractivity contribution in [1.82, 2.24) is 5.32 Å². The van der Waals surface area contributed by atoms with E-state index in [1.807, 2.05) is 32.9 Å². The SMILES string of the molecule is CC(=O)Nc1cccc(NC(=O)C(NC(=O)c2ccc(C)cc2)C(C)C)c1. The summed E-state index contributed by atoms with van der Waals surface area (Å²) in [5, 5.41) is 8.26. The van der Waals surface area contributed by atoms with E-state index < -0.39 is 6.04 Å². The predicted molar refractivity (Wildman–Crippen MR) is 107 cm³/mol. The number of hydrogen-bond acceptors (Lipinski definition) is 3. The van der Waals surface area contributed by atoms with E-state index in [1.54, 1.807) is 36.4 Å². The van der Waals surface area contributed by atoms with E-state index in [9.17, 15) is 14.4 Å². The molecule has 0 bridgehead atoms. The summed E-state index contributed by atoms with van der Waals surface area (Å²) >= 11 is 0. The van der Waals surface area contributed by atoms with Crippen LogP contribution in [0.3, 0.4) is 0 Å². The van der Waals surface area contributed by atoms with Crippen LogP contribution in [-0.4, -0.2) is 23.8 Å². The van der Waals surface area contributed by atoms with Crippen molar-refractivity contribution in [3.8, 4) is 0 Å². The molecule has 0 radical (unpaired) electrons. The van der Waals surface area contributed by atoms with E-state index in [4.69, 9.17) is 0 Å². The Morgan fingerprint density at radius 3 is 2.04 bits per heavy atom. The van der Waals surface area contributed by atoms with Gasteiger partial charge in [0.15, 0.2) is 0 Å². The van der Waals surface area contributed by atoms with Crippen molar-refractivity contribution in [2.45, 2.75) is 33.7 Å². The van der Waals surface area contributed by atoms with Crippen molar-refractivity contribution in [3.63, 3.8) is 0 Å². The molecule has 0 saturated heterocycles. The van der Waals surface area contributed by atoms with Crippen molar-refractivity contribution in [2.75, 3.05) is 10.6 Å². The summed E-state index contributed by atoms with van der Waals surface area (Å²) in [6, 6.07) is 13.3. The molecular formula is C21H25N3O3. The van der Waals surface area contributed by atoms with Gasteiger partial charge in [-0.2, -0.15) is 0 Å². The molecule has 1 unspecified atom stereocenters. The van der Waals surface area contributed by atoms with Crippen molar-refractivity contribution >= 4 is 29.1 Å². The molecule has 0 aliphatic carbocycles. The molecule has 142 valence electrons. The van der Waals surface area contributed by atoms with Gasteiger partial charge in [0.05, 0.1) is 0 Å². The average molecular weight is 367 g/mol. The molecule has 2 aromatic rings. The van der Waals surface area contributed by atoms with Crippen LogP contribution < -0.4 is 16.0 Å². The summed E-state index contributed by atoms with van der Waals surface area (Å²) < 4.78 is 0. The van der Waals surface area contributed by atoms with Crippen LogP contribution in [0.15, 0.2) is 48.5 Å². The minimum atomic E-state index is -0.691. The van der Waals surface area contributed by atoms with E-state index in [2.05, 4.69) is 16.0 Å². The molecule has 2 aromatic carbocycles. The van der Waals surface area contributed by atoms with Crippen molar-refractivity contribution < 1.29 is 14.4 Å². The first-order chi connectivity index (χ1) is 12.8. The quantitative estimate of drug-likeness (QED) is 0.732. The second-order valence-electron chi connectivity index (χ2n) is 6.81. The number of nitrogens with one attached hydrogen (secondary N) is 3. The highest BCUT2D eigenvalue weighted by atomic mass is 16.2. The number of benzene rings is 2. The highest BCUT2D eigenvalue weighted by Gasteiger charge is 2.24. The van der Waals surface area contributed by atoms with Crippen molar-refractivity contribution in [1.29, 1.82) is 0 Å². The summed E-state index contributed by atoms with van der Waals surface area (Å²) in [5.74, 6) is -0.900. The van der Waals surface area contributed by atoms with Gasteiger partial charge in [-0.05, 0) is 43.2 Å². The van der Waals surface area contributed by atoms with Crippen LogP contribution in [0, 0.1) is 12.8 Å².